The molecule has 0 saturated carbocycles. The van der Waals surface area contributed by atoms with E-state index in [1.807, 2.05) is 48.5 Å². The SMILES string of the molecule is CCCCNC(=O)NCc1ccc(CN=C(N)NC(C=O)(CCCC)c2cccc(Br)c2)cc1. The van der Waals surface area contributed by atoms with Gasteiger partial charge in [-0.2, -0.15) is 0 Å². The lowest BCUT2D eigenvalue weighted by Gasteiger charge is -2.30. The van der Waals surface area contributed by atoms with Crippen LogP contribution in [0.1, 0.15) is 62.6 Å². The number of unbranched alkanes of at least 4 members (excludes halogenated alkanes) is 2. The number of guanidine groups is 1. The van der Waals surface area contributed by atoms with E-state index in [1.54, 1.807) is 0 Å². The molecule has 0 saturated heterocycles. The van der Waals surface area contributed by atoms with Crippen LogP contribution in [0.2, 0.25) is 0 Å². The highest BCUT2D eigenvalue weighted by Crippen LogP contribution is 2.27. The lowest BCUT2D eigenvalue weighted by molar-refractivity contribution is -0.113. The molecule has 2 aromatic carbocycles. The van der Waals surface area contributed by atoms with E-state index in [0.717, 1.165) is 53.1 Å². The van der Waals surface area contributed by atoms with Crippen LogP contribution >= 0.6 is 15.9 Å². The molecule has 34 heavy (non-hydrogen) atoms. The highest BCUT2D eigenvalue weighted by molar-refractivity contribution is 9.10. The number of nitrogens with zero attached hydrogens (tertiary/aromatic N) is 1. The molecule has 2 aromatic rings. The van der Waals surface area contributed by atoms with Crippen LogP contribution in [0.4, 0.5) is 4.79 Å². The Kier molecular flexibility index (Phi) is 11.6. The smallest absolute Gasteiger partial charge is 0.315 e. The van der Waals surface area contributed by atoms with Crippen molar-refractivity contribution in [3.8, 4) is 0 Å². The molecule has 0 radical (unpaired) electrons. The summed E-state index contributed by atoms with van der Waals surface area (Å²) < 4.78 is 0.901. The van der Waals surface area contributed by atoms with Gasteiger partial charge in [0, 0.05) is 17.6 Å². The maximum absolute atomic E-state index is 12.3. The summed E-state index contributed by atoms with van der Waals surface area (Å²) in [7, 11) is 0. The molecule has 2 rings (SSSR count). The first-order valence-electron chi connectivity index (χ1n) is 11.8. The van der Waals surface area contributed by atoms with E-state index in [4.69, 9.17) is 5.73 Å². The largest absolute Gasteiger partial charge is 0.370 e. The van der Waals surface area contributed by atoms with Crippen LogP contribution in [0.5, 0.6) is 0 Å². The second-order valence-electron chi connectivity index (χ2n) is 8.31. The van der Waals surface area contributed by atoms with E-state index in [0.29, 0.717) is 26.1 Å². The van der Waals surface area contributed by atoms with E-state index in [2.05, 4.69) is 50.7 Å². The highest BCUT2D eigenvalue weighted by atomic mass is 79.9. The van der Waals surface area contributed by atoms with E-state index in [9.17, 15) is 9.59 Å². The van der Waals surface area contributed by atoms with Crippen molar-refractivity contribution in [2.24, 2.45) is 10.7 Å². The first-order chi connectivity index (χ1) is 16.4. The number of aldehydes is 1. The lowest BCUT2D eigenvalue weighted by Crippen LogP contribution is -2.50. The van der Waals surface area contributed by atoms with Crippen LogP contribution in [-0.2, 0) is 23.4 Å². The Hall–Kier alpha value is -2.87. The molecule has 1 unspecified atom stereocenters. The summed E-state index contributed by atoms with van der Waals surface area (Å²) in [4.78, 5) is 28.5. The second kappa shape index (κ2) is 14.4. The van der Waals surface area contributed by atoms with Crippen molar-refractivity contribution in [3.05, 3.63) is 69.7 Å². The molecular weight excluding hydrogens is 494 g/mol. The van der Waals surface area contributed by atoms with Gasteiger partial charge in [-0.3, -0.25) is 0 Å². The molecule has 0 spiro atoms. The van der Waals surface area contributed by atoms with Gasteiger partial charge in [-0.05, 0) is 41.7 Å². The maximum atomic E-state index is 12.3. The zero-order valence-corrected chi connectivity index (χ0v) is 21.7. The Morgan fingerprint density at radius 1 is 1.06 bits per heavy atom. The fraction of sp³-hybridized carbons (Fsp3) is 0.423. The van der Waals surface area contributed by atoms with Gasteiger partial charge in [0.1, 0.15) is 11.8 Å². The molecule has 5 N–H and O–H groups in total. The maximum Gasteiger partial charge on any atom is 0.315 e. The summed E-state index contributed by atoms with van der Waals surface area (Å²) in [6, 6.07) is 15.4. The standard InChI is InChI=1S/C26H36BrN5O2/c1-3-5-14-26(19-33,22-8-7-9-23(27)16-22)32-24(28)30-17-20-10-12-21(13-11-20)18-31-25(34)29-15-6-4-2/h7-13,16,19H,3-6,14-15,17-18H2,1-2H3,(H3,28,30,32)(H2,29,31,34). The number of hydrogen-bond donors (Lipinski definition) is 4. The third-order valence-electron chi connectivity index (χ3n) is 5.54. The van der Waals surface area contributed by atoms with Crippen molar-refractivity contribution in [1.29, 1.82) is 0 Å². The van der Waals surface area contributed by atoms with Gasteiger partial charge in [-0.25, -0.2) is 9.79 Å². The molecule has 0 aliphatic carbocycles. The van der Waals surface area contributed by atoms with Crippen LogP contribution in [0.3, 0.4) is 0 Å². The molecule has 0 aliphatic rings. The van der Waals surface area contributed by atoms with Crippen LogP contribution in [0, 0.1) is 0 Å². The number of benzene rings is 2. The Balaban J connectivity index is 1.99. The van der Waals surface area contributed by atoms with Gasteiger partial charge in [0.2, 0.25) is 0 Å². The van der Waals surface area contributed by atoms with E-state index < -0.39 is 5.54 Å². The summed E-state index contributed by atoms with van der Waals surface area (Å²) in [6.45, 7) is 5.69. The first kappa shape index (κ1) is 27.4. The normalized spacial score (nSPS) is 13.1. The number of urea groups is 1. The number of carbonyl (C=O) groups is 2. The Bertz CT molecular complexity index is 948. The molecule has 1 atom stereocenters. The van der Waals surface area contributed by atoms with Gasteiger partial charge < -0.3 is 26.5 Å². The molecule has 0 fully saturated rings. The quantitative estimate of drug-likeness (QED) is 0.130. The summed E-state index contributed by atoms with van der Waals surface area (Å²) >= 11 is 3.49. The molecule has 0 aromatic heterocycles. The molecule has 2 amide bonds. The summed E-state index contributed by atoms with van der Waals surface area (Å²) in [5, 5.41) is 8.86. The number of carbonyl (C=O) groups excluding carboxylic acids is 2. The Labute approximate surface area is 211 Å². The van der Waals surface area contributed by atoms with Crippen LogP contribution < -0.4 is 21.7 Å². The van der Waals surface area contributed by atoms with Crippen molar-refractivity contribution in [1.82, 2.24) is 16.0 Å². The van der Waals surface area contributed by atoms with Crippen molar-refractivity contribution in [3.63, 3.8) is 0 Å². The topological polar surface area (TPSA) is 109 Å². The summed E-state index contributed by atoms with van der Waals surface area (Å²) in [6.07, 6.45) is 5.39. The Morgan fingerprint density at radius 2 is 1.76 bits per heavy atom. The van der Waals surface area contributed by atoms with E-state index in [-0.39, 0.29) is 12.0 Å². The van der Waals surface area contributed by atoms with Crippen molar-refractivity contribution < 1.29 is 9.59 Å². The van der Waals surface area contributed by atoms with Crippen LogP contribution in [0.15, 0.2) is 58.0 Å². The van der Waals surface area contributed by atoms with Gasteiger partial charge in [0.05, 0.1) is 6.54 Å². The highest BCUT2D eigenvalue weighted by Gasteiger charge is 2.32. The van der Waals surface area contributed by atoms with Gasteiger partial charge >= 0.3 is 6.03 Å². The number of amides is 2. The number of hydrogen-bond acceptors (Lipinski definition) is 3. The minimum absolute atomic E-state index is 0.159. The van der Waals surface area contributed by atoms with Crippen molar-refractivity contribution in [2.75, 3.05) is 6.54 Å². The van der Waals surface area contributed by atoms with E-state index >= 15 is 0 Å². The second-order valence-corrected chi connectivity index (χ2v) is 9.22. The zero-order valence-electron chi connectivity index (χ0n) is 20.1. The van der Waals surface area contributed by atoms with Crippen LogP contribution in [-0.4, -0.2) is 24.8 Å². The molecule has 0 aliphatic heterocycles. The van der Waals surface area contributed by atoms with Gasteiger partial charge in [-0.1, -0.05) is 85.4 Å². The van der Waals surface area contributed by atoms with E-state index in [1.165, 1.54) is 0 Å². The third-order valence-corrected chi connectivity index (χ3v) is 6.03. The number of halogens is 1. The van der Waals surface area contributed by atoms with Crippen LogP contribution in [0.25, 0.3) is 0 Å². The van der Waals surface area contributed by atoms with Gasteiger partial charge in [0.15, 0.2) is 5.96 Å². The fourth-order valence-electron chi connectivity index (χ4n) is 3.49. The molecular formula is C26H36BrN5O2. The minimum Gasteiger partial charge on any atom is -0.370 e. The number of nitrogens with one attached hydrogen (secondary N) is 3. The zero-order chi connectivity index (χ0) is 24.8. The Morgan fingerprint density at radius 3 is 2.41 bits per heavy atom. The number of nitrogens with two attached hydrogens (primary N) is 1. The predicted octanol–water partition coefficient (Wildman–Crippen LogP) is 4.74. The number of aliphatic imine (C=N–C) groups is 1. The van der Waals surface area contributed by atoms with Crippen molar-refractivity contribution >= 4 is 34.2 Å². The fourth-order valence-corrected chi connectivity index (χ4v) is 3.89. The number of rotatable bonds is 13. The average Bonchev–Trinajstić information content (AvgIpc) is 2.85. The summed E-state index contributed by atoms with van der Waals surface area (Å²) in [5.74, 6) is 0.220. The first-order valence-corrected chi connectivity index (χ1v) is 12.6. The predicted molar refractivity (Wildman–Crippen MR) is 141 cm³/mol. The molecule has 7 nitrogen and oxygen atoms in total. The van der Waals surface area contributed by atoms with Gasteiger partial charge in [0.25, 0.3) is 0 Å². The molecule has 184 valence electrons. The molecule has 8 heteroatoms. The monoisotopic (exact) mass is 529 g/mol. The minimum atomic E-state index is -0.930. The molecule has 0 heterocycles. The lowest BCUT2D eigenvalue weighted by atomic mass is 9.86. The average molecular weight is 531 g/mol. The van der Waals surface area contributed by atoms with Crippen molar-refractivity contribution in [2.45, 2.75) is 64.6 Å². The summed E-state index contributed by atoms with van der Waals surface area (Å²) in [5.41, 5.74) is 8.10. The third kappa shape index (κ3) is 8.82. The van der Waals surface area contributed by atoms with Gasteiger partial charge in [-0.15, -0.1) is 0 Å². The molecule has 0 bridgehead atoms.